The van der Waals surface area contributed by atoms with Crippen LogP contribution in [0.3, 0.4) is 0 Å². The summed E-state index contributed by atoms with van der Waals surface area (Å²) < 4.78 is 0. The predicted octanol–water partition coefficient (Wildman–Crippen LogP) is 2.11. The second-order valence-corrected chi connectivity index (χ2v) is 4.77. The summed E-state index contributed by atoms with van der Waals surface area (Å²) in [7, 11) is 0. The van der Waals surface area contributed by atoms with Crippen LogP contribution >= 0.6 is 0 Å². The second kappa shape index (κ2) is 6.85. The number of carboxylic acids is 1. The van der Waals surface area contributed by atoms with Gasteiger partial charge < -0.3 is 15.5 Å². The molecule has 3 N–H and O–H groups in total. The molecule has 0 fully saturated rings. The number of para-hydroxylation sites is 1. The number of nitro groups is 1. The summed E-state index contributed by atoms with van der Waals surface area (Å²) in [5.74, 6) is -1.21. The number of hydrogen-bond acceptors (Lipinski definition) is 5. The van der Waals surface area contributed by atoms with Gasteiger partial charge in [0.2, 0.25) is 0 Å². The molecule has 1 aromatic rings. The van der Waals surface area contributed by atoms with Crippen molar-refractivity contribution in [1.82, 2.24) is 0 Å². The molecule has 1 unspecified atom stereocenters. The maximum Gasteiger partial charge on any atom is 0.342 e. The van der Waals surface area contributed by atoms with Gasteiger partial charge in [-0.25, -0.2) is 4.79 Å². The SMILES string of the molecule is CC(C)C(CCO)Nc1cccc(C(=O)O)c1[N+](=O)[O-]. The molecule has 1 aromatic carbocycles. The zero-order valence-electron chi connectivity index (χ0n) is 11.4. The lowest BCUT2D eigenvalue weighted by molar-refractivity contribution is -0.384. The van der Waals surface area contributed by atoms with Crippen molar-refractivity contribution >= 4 is 17.3 Å². The topological polar surface area (TPSA) is 113 Å². The standard InChI is InChI=1S/C13H18N2O5/c1-8(2)10(6-7-16)14-11-5-3-4-9(13(17)18)12(11)15(19)20/h3-5,8,10,14,16H,6-7H2,1-2H3,(H,17,18). The Morgan fingerprint density at radius 3 is 2.55 bits per heavy atom. The molecular formula is C13H18N2O5. The van der Waals surface area contributed by atoms with Crippen LogP contribution in [-0.4, -0.2) is 33.8 Å². The smallest absolute Gasteiger partial charge is 0.342 e. The fourth-order valence-corrected chi connectivity index (χ4v) is 1.94. The molecule has 0 radical (unpaired) electrons. The largest absolute Gasteiger partial charge is 0.477 e. The molecule has 7 nitrogen and oxygen atoms in total. The van der Waals surface area contributed by atoms with Gasteiger partial charge in [0.15, 0.2) is 0 Å². The predicted molar refractivity (Wildman–Crippen MR) is 74.0 cm³/mol. The number of carboxylic acid groups (broad SMARTS) is 1. The molecule has 0 aliphatic heterocycles. The van der Waals surface area contributed by atoms with Crippen molar-refractivity contribution in [2.24, 2.45) is 5.92 Å². The first-order valence-corrected chi connectivity index (χ1v) is 6.26. The fourth-order valence-electron chi connectivity index (χ4n) is 1.94. The van der Waals surface area contributed by atoms with Crippen molar-refractivity contribution in [1.29, 1.82) is 0 Å². The molecule has 7 heteroatoms. The van der Waals surface area contributed by atoms with Gasteiger partial charge in [-0.05, 0) is 24.5 Å². The number of rotatable bonds is 7. The van der Waals surface area contributed by atoms with Crippen molar-refractivity contribution in [2.45, 2.75) is 26.3 Å². The number of aliphatic hydroxyl groups is 1. The van der Waals surface area contributed by atoms with E-state index in [9.17, 15) is 14.9 Å². The molecule has 1 atom stereocenters. The number of nitrogens with zero attached hydrogens (tertiary/aromatic N) is 1. The second-order valence-electron chi connectivity index (χ2n) is 4.77. The molecule has 0 saturated carbocycles. The van der Waals surface area contributed by atoms with E-state index in [1.165, 1.54) is 18.2 Å². The Bertz CT molecular complexity index is 502. The first kappa shape index (κ1) is 15.9. The molecule has 0 spiro atoms. The minimum atomic E-state index is -1.34. The van der Waals surface area contributed by atoms with Gasteiger partial charge in [-0.15, -0.1) is 0 Å². The van der Waals surface area contributed by atoms with Gasteiger partial charge in [-0.2, -0.15) is 0 Å². The minimum absolute atomic E-state index is 0.0533. The third kappa shape index (κ3) is 3.67. The first-order chi connectivity index (χ1) is 9.38. The Kier molecular flexibility index (Phi) is 5.45. The third-order valence-electron chi connectivity index (χ3n) is 3.03. The molecule has 0 bridgehead atoms. The number of carbonyl (C=O) groups is 1. The van der Waals surface area contributed by atoms with Crippen LogP contribution in [0, 0.1) is 16.0 Å². The molecule has 0 saturated heterocycles. The summed E-state index contributed by atoms with van der Waals surface area (Å²) in [6.45, 7) is 3.78. The van der Waals surface area contributed by atoms with Crippen LogP contribution in [0.2, 0.25) is 0 Å². The van der Waals surface area contributed by atoms with E-state index in [0.717, 1.165) is 0 Å². The van der Waals surface area contributed by atoms with Gasteiger partial charge in [0.25, 0.3) is 0 Å². The summed E-state index contributed by atoms with van der Waals surface area (Å²) in [5.41, 5.74) is -0.655. The molecular weight excluding hydrogens is 264 g/mol. The lowest BCUT2D eigenvalue weighted by atomic mass is 10.0. The summed E-state index contributed by atoms with van der Waals surface area (Å²) in [6, 6.07) is 3.94. The summed E-state index contributed by atoms with van der Waals surface area (Å²) in [5, 5.41) is 32.1. The van der Waals surface area contributed by atoms with Crippen LogP contribution in [0.25, 0.3) is 0 Å². The highest BCUT2D eigenvalue weighted by atomic mass is 16.6. The summed E-state index contributed by atoms with van der Waals surface area (Å²) >= 11 is 0. The van der Waals surface area contributed by atoms with Crippen LogP contribution < -0.4 is 5.32 Å². The van der Waals surface area contributed by atoms with E-state index in [1.54, 1.807) is 0 Å². The normalized spacial score (nSPS) is 12.2. The van der Waals surface area contributed by atoms with E-state index < -0.39 is 16.6 Å². The van der Waals surface area contributed by atoms with Crippen LogP contribution in [0.1, 0.15) is 30.6 Å². The number of nitro benzene ring substituents is 1. The zero-order chi connectivity index (χ0) is 15.3. The molecule has 0 heterocycles. The number of aliphatic hydroxyl groups excluding tert-OH is 1. The maximum atomic E-state index is 11.1. The Hall–Kier alpha value is -2.15. The highest BCUT2D eigenvalue weighted by molar-refractivity contribution is 5.95. The van der Waals surface area contributed by atoms with Gasteiger partial charge in [0.1, 0.15) is 11.3 Å². The van der Waals surface area contributed by atoms with Gasteiger partial charge in [-0.1, -0.05) is 19.9 Å². The van der Waals surface area contributed by atoms with Crippen molar-refractivity contribution in [3.05, 3.63) is 33.9 Å². The van der Waals surface area contributed by atoms with E-state index in [2.05, 4.69) is 5.32 Å². The molecule has 0 aromatic heterocycles. The quantitative estimate of drug-likeness (QED) is 0.521. The van der Waals surface area contributed by atoms with Crippen molar-refractivity contribution in [3.63, 3.8) is 0 Å². The fraction of sp³-hybridized carbons (Fsp3) is 0.462. The highest BCUT2D eigenvalue weighted by Crippen LogP contribution is 2.30. The van der Waals surface area contributed by atoms with Crippen LogP contribution in [0.4, 0.5) is 11.4 Å². The molecule has 1 rings (SSSR count). The van der Waals surface area contributed by atoms with Crippen molar-refractivity contribution < 1.29 is 19.9 Å². The van der Waals surface area contributed by atoms with Gasteiger partial charge in [0, 0.05) is 12.6 Å². The number of hydrogen-bond donors (Lipinski definition) is 3. The van der Waals surface area contributed by atoms with Crippen LogP contribution in [0.15, 0.2) is 18.2 Å². The maximum absolute atomic E-state index is 11.1. The first-order valence-electron chi connectivity index (χ1n) is 6.26. The van der Waals surface area contributed by atoms with Crippen molar-refractivity contribution in [3.8, 4) is 0 Å². The highest BCUT2D eigenvalue weighted by Gasteiger charge is 2.26. The molecule has 20 heavy (non-hydrogen) atoms. The van der Waals surface area contributed by atoms with E-state index in [0.29, 0.717) is 6.42 Å². The van der Waals surface area contributed by atoms with Gasteiger partial charge in [-0.3, -0.25) is 10.1 Å². The number of aromatic carboxylic acids is 1. The van der Waals surface area contributed by atoms with E-state index >= 15 is 0 Å². The van der Waals surface area contributed by atoms with Gasteiger partial charge in [0.05, 0.1) is 4.92 Å². The lowest BCUT2D eigenvalue weighted by Gasteiger charge is -2.22. The summed E-state index contributed by atoms with van der Waals surface area (Å²) in [4.78, 5) is 21.5. The summed E-state index contributed by atoms with van der Waals surface area (Å²) in [6.07, 6.45) is 0.423. The van der Waals surface area contributed by atoms with E-state index in [4.69, 9.17) is 10.2 Å². The number of nitrogens with one attached hydrogen (secondary N) is 1. The Morgan fingerprint density at radius 2 is 2.10 bits per heavy atom. The molecule has 110 valence electrons. The van der Waals surface area contributed by atoms with E-state index in [1.807, 2.05) is 13.8 Å². The Labute approximate surface area is 116 Å². The van der Waals surface area contributed by atoms with E-state index in [-0.39, 0.29) is 29.8 Å². The van der Waals surface area contributed by atoms with Crippen molar-refractivity contribution in [2.75, 3.05) is 11.9 Å². The molecule has 0 aliphatic carbocycles. The monoisotopic (exact) mass is 282 g/mol. The Morgan fingerprint density at radius 1 is 1.45 bits per heavy atom. The van der Waals surface area contributed by atoms with Crippen LogP contribution in [0.5, 0.6) is 0 Å². The number of anilines is 1. The average Bonchev–Trinajstić information content (AvgIpc) is 2.37. The minimum Gasteiger partial charge on any atom is -0.477 e. The zero-order valence-corrected chi connectivity index (χ0v) is 11.4. The number of benzene rings is 1. The average molecular weight is 282 g/mol. The third-order valence-corrected chi connectivity index (χ3v) is 3.03. The lowest BCUT2D eigenvalue weighted by Crippen LogP contribution is -2.27. The molecule has 0 amide bonds. The Balaban J connectivity index is 3.20. The van der Waals surface area contributed by atoms with Gasteiger partial charge >= 0.3 is 11.7 Å². The van der Waals surface area contributed by atoms with Crippen LogP contribution in [-0.2, 0) is 0 Å². The molecule has 0 aliphatic rings.